The number of aromatic nitrogens is 2. The molecule has 0 radical (unpaired) electrons. The number of aliphatic hydroxyl groups is 1. The Labute approximate surface area is 125 Å². The van der Waals surface area contributed by atoms with Gasteiger partial charge in [-0.3, -0.25) is 4.68 Å². The minimum Gasteiger partial charge on any atom is -0.491 e. The lowest BCUT2D eigenvalue weighted by Crippen LogP contribution is -2.24. The molecular weight excluding hydrogens is 266 g/mol. The predicted octanol–water partition coefficient (Wildman–Crippen LogP) is 1.71. The van der Waals surface area contributed by atoms with E-state index in [0.717, 1.165) is 22.7 Å². The molecule has 5 heteroatoms. The summed E-state index contributed by atoms with van der Waals surface area (Å²) in [5.74, 6) is 0.732. The Morgan fingerprint density at radius 2 is 1.90 bits per heavy atom. The first-order valence-electron chi connectivity index (χ1n) is 7.11. The number of hydrogen-bond acceptors (Lipinski definition) is 4. The van der Waals surface area contributed by atoms with Crippen molar-refractivity contribution in [2.24, 2.45) is 5.73 Å². The van der Waals surface area contributed by atoms with Crippen LogP contribution in [0, 0.1) is 20.8 Å². The summed E-state index contributed by atoms with van der Waals surface area (Å²) in [6.45, 7) is 7.20. The summed E-state index contributed by atoms with van der Waals surface area (Å²) in [5, 5.41) is 14.5. The van der Waals surface area contributed by atoms with Crippen LogP contribution in [0.4, 0.5) is 0 Å². The van der Waals surface area contributed by atoms with Crippen molar-refractivity contribution in [3.63, 3.8) is 0 Å². The molecule has 3 N–H and O–H groups in total. The number of ether oxygens (including phenoxy) is 1. The van der Waals surface area contributed by atoms with Crippen molar-refractivity contribution in [2.45, 2.75) is 40.0 Å². The molecule has 1 aromatic heterocycles. The summed E-state index contributed by atoms with van der Waals surface area (Å²) >= 11 is 0. The first-order chi connectivity index (χ1) is 10.0. The molecule has 0 aliphatic carbocycles. The zero-order valence-electron chi connectivity index (χ0n) is 12.8. The van der Waals surface area contributed by atoms with E-state index < -0.39 is 6.10 Å². The van der Waals surface area contributed by atoms with Crippen molar-refractivity contribution in [1.82, 2.24) is 9.78 Å². The molecule has 0 bridgehead atoms. The maximum atomic E-state index is 10.1. The lowest BCUT2D eigenvalue weighted by Gasteiger charge is -2.14. The molecule has 5 nitrogen and oxygen atoms in total. The molecular formula is C16H23N3O2. The number of benzene rings is 1. The van der Waals surface area contributed by atoms with Crippen molar-refractivity contribution in [3.8, 4) is 5.75 Å². The third kappa shape index (κ3) is 3.83. The quantitative estimate of drug-likeness (QED) is 0.849. The summed E-state index contributed by atoms with van der Waals surface area (Å²) in [6, 6.07) is 7.57. The van der Waals surface area contributed by atoms with Crippen LogP contribution in [0.2, 0.25) is 0 Å². The van der Waals surface area contributed by atoms with Crippen molar-refractivity contribution in [2.75, 3.05) is 6.61 Å². The summed E-state index contributed by atoms with van der Waals surface area (Å²) in [4.78, 5) is 0. The molecule has 0 aliphatic heterocycles. The zero-order valence-corrected chi connectivity index (χ0v) is 12.8. The average molecular weight is 289 g/mol. The van der Waals surface area contributed by atoms with E-state index in [9.17, 15) is 5.11 Å². The summed E-state index contributed by atoms with van der Waals surface area (Å²) in [7, 11) is 0. The highest BCUT2D eigenvalue weighted by atomic mass is 16.5. The second-order valence-corrected chi connectivity index (χ2v) is 5.29. The predicted molar refractivity (Wildman–Crippen MR) is 82.3 cm³/mol. The Morgan fingerprint density at radius 1 is 1.24 bits per heavy atom. The second-order valence-electron chi connectivity index (χ2n) is 5.29. The van der Waals surface area contributed by atoms with Gasteiger partial charge in [0.15, 0.2) is 0 Å². The van der Waals surface area contributed by atoms with Gasteiger partial charge in [-0.05, 0) is 44.0 Å². The van der Waals surface area contributed by atoms with Crippen molar-refractivity contribution < 1.29 is 9.84 Å². The van der Waals surface area contributed by atoms with E-state index >= 15 is 0 Å². The van der Waals surface area contributed by atoms with Gasteiger partial charge >= 0.3 is 0 Å². The van der Waals surface area contributed by atoms with E-state index in [-0.39, 0.29) is 6.61 Å². The molecule has 1 atom stereocenters. The van der Waals surface area contributed by atoms with E-state index in [0.29, 0.717) is 13.1 Å². The van der Waals surface area contributed by atoms with Gasteiger partial charge in [-0.25, -0.2) is 0 Å². The van der Waals surface area contributed by atoms with E-state index in [1.807, 2.05) is 49.7 Å². The van der Waals surface area contributed by atoms with Gasteiger partial charge in [-0.1, -0.05) is 12.1 Å². The fourth-order valence-corrected chi connectivity index (χ4v) is 2.13. The molecule has 2 aromatic rings. The highest BCUT2D eigenvalue weighted by molar-refractivity contribution is 5.27. The summed E-state index contributed by atoms with van der Waals surface area (Å²) in [5.41, 5.74) is 9.85. The Kier molecular flexibility index (Phi) is 4.98. The SMILES string of the molecule is Cc1nn(CC(O)COc2ccc(CN)cc2)c(C)c1C. The molecule has 0 saturated heterocycles. The van der Waals surface area contributed by atoms with Crippen LogP contribution >= 0.6 is 0 Å². The van der Waals surface area contributed by atoms with Gasteiger partial charge in [0.05, 0.1) is 12.2 Å². The lowest BCUT2D eigenvalue weighted by atomic mass is 10.2. The van der Waals surface area contributed by atoms with Gasteiger partial charge in [0, 0.05) is 12.2 Å². The fraction of sp³-hybridized carbons (Fsp3) is 0.438. The molecule has 21 heavy (non-hydrogen) atoms. The highest BCUT2D eigenvalue weighted by Gasteiger charge is 2.12. The van der Waals surface area contributed by atoms with Gasteiger partial charge < -0.3 is 15.6 Å². The Morgan fingerprint density at radius 3 is 2.43 bits per heavy atom. The fourth-order valence-electron chi connectivity index (χ4n) is 2.13. The second kappa shape index (κ2) is 6.74. The van der Waals surface area contributed by atoms with E-state index in [2.05, 4.69) is 5.10 Å². The topological polar surface area (TPSA) is 73.3 Å². The third-order valence-corrected chi connectivity index (χ3v) is 3.73. The minimum absolute atomic E-state index is 0.235. The smallest absolute Gasteiger partial charge is 0.119 e. The maximum Gasteiger partial charge on any atom is 0.119 e. The molecule has 0 fully saturated rings. The number of hydrogen-bond donors (Lipinski definition) is 2. The highest BCUT2D eigenvalue weighted by Crippen LogP contribution is 2.14. The van der Waals surface area contributed by atoms with Crippen LogP contribution in [-0.4, -0.2) is 27.6 Å². The van der Waals surface area contributed by atoms with Crippen LogP contribution in [0.15, 0.2) is 24.3 Å². The van der Waals surface area contributed by atoms with Crippen molar-refractivity contribution >= 4 is 0 Å². The minimum atomic E-state index is -0.600. The molecule has 2 rings (SSSR count). The van der Waals surface area contributed by atoms with Crippen LogP contribution in [0.1, 0.15) is 22.5 Å². The number of rotatable bonds is 6. The number of nitrogens with zero attached hydrogens (tertiary/aromatic N) is 2. The van der Waals surface area contributed by atoms with E-state index in [4.69, 9.17) is 10.5 Å². The average Bonchev–Trinajstić information content (AvgIpc) is 2.73. The van der Waals surface area contributed by atoms with Crippen LogP contribution in [0.25, 0.3) is 0 Å². The van der Waals surface area contributed by atoms with Crippen molar-refractivity contribution in [3.05, 3.63) is 46.8 Å². The van der Waals surface area contributed by atoms with Gasteiger partial charge in [0.25, 0.3) is 0 Å². The Bertz CT molecular complexity index is 590. The molecule has 0 saturated carbocycles. The zero-order chi connectivity index (χ0) is 15.4. The normalized spacial score (nSPS) is 12.4. The largest absolute Gasteiger partial charge is 0.491 e. The number of nitrogens with two attached hydrogens (primary N) is 1. The van der Waals surface area contributed by atoms with E-state index in [1.54, 1.807) is 0 Å². The van der Waals surface area contributed by atoms with Gasteiger partial charge in [-0.2, -0.15) is 5.10 Å². The first-order valence-corrected chi connectivity index (χ1v) is 7.11. The van der Waals surface area contributed by atoms with Gasteiger partial charge in [-0.15, -0.1) is 0 Å². The van der Waals surface area contributed by atoms with Crippen LogP contribution in [-0.2, 0) is 13.1 Å². The number of aryl methyl sites for hydroxylation is 1. The number of aliphatic hydroxyl groups excluding tert-OH is 1. The monoisotopic (exact) mass is 289 g/mol. The standard InChI is InChI=1S/C16H23N3O2/c1-11-12(2)18-19(13(11)3)9-15(20)10-21-16-6-4-14(8-17)5-7-16/h4-7,15,20H,8-10,17H2,1-3H3. The van der Waals surface area contributed by atoms with Gasteiger partial charge in [0.2, 0.25) is 0 Å². The lowest BCUT2D eigenvalue weighted by molar-refractivity contribution is 0.0887. The van der Waals surface area contributed by atoms with Crippen molar-refractivity contribution in [1.29, 1.82) is 0 Å². The maximum absolute atomic E-state index is 10.1. The van der Waals surface area contributed by atoms with Crippen LogP contribution in [0.3, 0.4) is 0 Å². The van der Waals surface area contributed by atoms with Crippen LogP contribution in [0.5, 0.6) is 5.75 Å². The van der Waals surface area contributed by atoms with Crippen LogP contribution < -0.4 is 10.5 Å². The van der Waals surface area contributed by atoms with E-state index in [1.165, 1.54) is 5.56 Å². The molecule has 0 aliphatic rings. The third-order valence-electron chi connectivity index (χ3n) is 3.73. The molecule has 0 spiro atoms. The molecule has 1 heterocycles. The summed E-state index contributed by atoms with van der Waals surface area (Å²) < 4.78 is 7.41. The summed E-state index contributed by atoms with van der Waals surface area (Å²) in [6.07, 6.45) is -0.600. The molecule has 1 aromatic carbocycles. The first kappa shape index (κ1) is 15.5. The van der Waals surface area contributed by atoms with Gasteiger partial charge in [0.1, 0.15) is 18.5 Å². The molecule has 0 amide bonds. The Hall–Kier alpha value is -1.85. The molecule has 114 valence electrons. The Balaban J connectivity index is 1.89. The molecule has 1 unspecified atom stereocenters.